The Morgan fingerprint density at radius 3 is 2.80 bits per heavy atom. The number of hydrogen-bond acceptors (Lipinski definition) is 5. The topological polar surface area (TPSA) is 70.0 Å². The van der Waals surface area contributed by atoms with Gasteiger partial charge in [0.2, 0.25) is 0 Å². The van der Waals surface area contributed by atoms with Gasteiger partial charge in [-0.25, -0.2) is 0 Å². The highest BCUT2D eigenvalue weighted by atomic mass is 16.5. The van der Waals surface area contributed by atoms with E-state index < -0.39 is 11.8 Å². The van der Waals surface area contributed by atoms with Crippen molar-refractivity contribution in [2.75, 3.05) is 13.2 Å². The number of ether oxygens (including phenoxy) is 1. The van der Waals surface area contributed by atoms with Gasteiger partial charge in [-0.05, 0) is 25.2 Å². The third-order valence-corrected chi connectivity index (χ3v) is 4.93. The Labute approximate surface area is 120 Å². The Hall–Kier alpha value is -0.650. The van der Waals surface area contributed by atoms with Gasteiger partial charge in [-0.3, -0.25) is 9.69 Å². The van der Waals surface area contributed by atoms with E-state index in [9.17, 15) is 15.0 Å². The number of rotatable bonds is 5. The second kappa shape index (κ2) is 6.00. The van der Waals surface area contributed by atoms with Gasteiger partial charge in [0.25, 0.3) is 0 Å². The molecule has 0 spiro atoms. The molecule has 0 aromatic rings. The SMILES string of the molecule is CCCC(=O)OC[C@H]1[C@@H]2CCCN2[C@@H](O)[C@@]1(O)C(C)C. The molecule has 4 atom stereocenters. The van der Waals surface area contributed by atoms with Crippen molar-refractivity contribution < 1.29 is 19.7 Å². The number of hydrogen-bond donors (Lipinski definition) is 2. The number of aliphatic hydroxyl groups is 2. The summed E-state index contributed by atoms with van der Waals surface area (Å²) in [5.74, 6) is -0.511. The summed E-state index contributed by atoms with van der Waals surface area (Å²) in [5.41, 5.74) is -1.20. The first-order valence-corrected chi connectivity index (χ1v) is 7.74. The number of fused-ring (bicyclic) bond motifs is 1. The molecule has 20 heavy (non-hydrogen) atoms. The summed E-state index contributed by atoms with van der Waals surface area (Å²) in [4.78, 5) is 13.5. The lowest BCUT2D eigenvalue weighted by Gasteiger charge is -2.37. The van der Waals surface area contributed by atoms with Crippen LogP contribution < -0.4 is 0 Å². The molecule has 116 valence electrons. The first-order chi connectivity index (χ1) is 9.42. The molecule has 2 saturated heterocycles. The van der Waals surface area contributed by atoms with E-state index in [2.05, 4.69) is 0 Å². The number of carbonyl (C=O) groups excluding carboxylic acids is 1. The number of aliphatic hydroxyl groups excluding tert-OH is 1. The van der Waals surface area contributed by atoms with Crippen LogP contribution in [0.15, 0.2) is 0 Å². The predicted molar refractivity (Wildman–Crippen MR) is 74.9 cm³/mol. The van der Waals surface area contributed by atoms with E-state index in [-0.39, 0.29) is 30.5 Å². The average Bonchev–Trinajstić information content (AvgIpc) is 2.92. The van der Waals surface area contributed by atoms with Crippen molar-refractivity contribution in [3.05, 3.63) is 0 Å². The Morgan fingerprint density at radius 2 is 2.20 bits per heavy atom. The summed E-state index contributed by atoms with van der Waals surface area (Å²) in [7, 11) is 0. The summed E-state index contributed by atoms with van der Waals surface area (Å²) in [6.45, 7) is 6.76. The van der Waals surface area contributed by atoms with Crippen molar-refractivity contribution in [1.82, 2.24) is 4.90 Å². The van der Waals surface area contributed by atoms with Crippen molar-refractivity contribution in [3.63, 3.8) is 0 Å². The molecule has 5 nitrogen and oxygen atoms in total. The van der Waals surface area contributed by atoms with Gasteiger partial charge in [-0.15, -0.1) is 0 Å². The minimum atomic E-state index is -1.20. The lowest BCUT2D eigenvalue weighted by Crippen LogP contribution is -2.52. The number of nitrogens with zero attached hydrogens (tertiary/aromatic N) is 1. The minimum Gasteiger partial charge on any atom is -0.465 e. The quantitative estimate of drug-likeness (QED) is 0.741. The molecule has 5 heteroatoms. The van der Waals surface area contributed by atoms with Crippen LogP contribution >= 0.6 is 0 Å². The van der Waals surface area contributed by atoms with Gasteiger partial charge < -0.3 is 14.9 Å². The van der Waals surface area contributed by atoms with Crippen LogP contribution in [0.5, 0.6) is 0 Å². The lowest BCUT2D eigenvalue weighted by molar-refractivity contribution is -0.162. The smallest absolute Gasteiger partial charge is 0.305 e. The lowest BCUT2D eigenvalue weighted by atomic mass is 9.77. The van der Waals surface area contributed by atoms with Crippen molar-refractivity contribution >= 4 is 5.97 Å². The molecule has 2 aliphatic heterocycles. The third kappa shape index (κ3) is 2.47. The van der Waals surface area contributed by atoms with Gasteiger partial charge in [-0.1, -0.05) is 20.8 Å². The second-order valence-electron chi connectivity index (χ2n) is 6.40. The fourth-order valence-corrected chi connectivity index (χ4v) is 3.75. The van der Waals surface area contributed by atoms with Crippen LogP contribution in [0.3, 0.4) is 0 Å². The van der Waals surface area contributed by atoms with Crippen molar-refractivity contribution in [2.45, 2.75) is 64.3 Å². The molecule has 2 heterocycles. The summed E-state index contributed by atoms with van der Waals surface area (Å²) in [6, 6.07) is 0.117. The van der Waals surface area contributed by atoms with Gasteiger partial charge >= 0.3 is 5.97 Å². The van der Waals surface area contributed by atoms with Crippen LogP contribution in [0.4, 0.5) is 0 Å². The summed E-state index contributed by atoms with van der Waals surface area (Å²) < 4.78 is 5.33. The first-order valence-electron chi connectivity index (χ1n) is 7.74. The number of esters is 1. The maximum atomic E-state index is 11.6. The third-order valence-electron chi connectivity index (χ3n) is 4.93. The zero-order valence-corrected chi connectivity index (χ0v) is 12.7. The molecular formula is C15H27NO4. The van der Waals surface area contributed by atoms with Gasteiger partial charge in [0.15, 0.2) is 0 Å². The zero-order valence-electron chi connectivity index (χ0n) is 12.7. The Kier molecular flexibility index (Phi) is 4.72. The molecule has 0 aliphatic carbocycles. The highest BCUT2D eigenvalue weighted by Crippen LogP contribution is 2.46. The summed E-state index contributed by atoms with van der Waals surface area (Å²) >= 11 is 0. The zero-order chi connectivity index (χ0) is 14.9. The fourth-order valence-electron chi connectivity index (χ4n) is 3.75. The monoisotopic (exact) mass is 285 g/mol. The predicted octanol–water partition coefficient (Wildman–Crippen LogP) is 1.13. The molecule has 0 aromatic heterocycles. The van der Waals surface area contributed by atoms with Gasteiger partial charge in [0.1, 0.15) is 11.8 Å². The van der Waals surface area contributed by atoms with E-state index in [1.807, 2.05) is 25.7 Å². The molecule has 0 radical (unpaired) electrons. The molecule has 0 unspecified atom stereocenters. The van der Waals surface area contributed by atoms with Crippen LogP contribution in [0.25, 0.3) is 0 Å². The molecule has 0 bridgehead atoms. The second-order valence-corrected chi connectivity index (χ2v) is 6.40. The van der Waals surface area contributed by atoms with Crippen LogP contribution in [-0.2, 0) is 9.53 Å². The van der Waals surface area contributed by atoms with Crippen molar-refractivity contribution in [3.8, 4) is 0 Å². The van der Waals surface area contributed by atoms with E-state index in [0.29, 0.717) is 6.42 Å². The Balaban J connectivity index is 2.12. The van der Waals surface area contributed by atoms with Crippen molar-refractivity contribution in [2.24, 2.45) is 11.8 Å². The minimum absolute atomic E-state index is 0.0852. The van der Waals surface area contributed by atoms with E-state index in [0.717, 1.165) is 25.8 Å². The summed E-state index contributed by atoms with van der Waals surface area (Å²) in [5, 5.41) is 21.4. The van der Waals surface area contributed by atoms with Gasteiger partial charge in [0.05, 0.1) is 6.61 Å². The van der Waals surface area contributed by atoms with Crippen LogP contribution in [0, 0.1) is 11.8 Å². The molecule has 0 aromatic carbocycles. The molecule has 2 rings (SSSR count). The van der Waals surface area contributed by atoms with Crippen LogP contribution in [-0.4, -0.2) is 52.1 Å². The van der Waals surface area contributed by atoms with Gasteiger partial charge in [0, 0.05) is 24.9 Å². The Bertz CT molecular complexity index is 360. The normalized spacial score (nSPS) is 37.4. The van der Waals surface area contributed by atoms with E-state index in [4.69, 9.17) is 4.74 Å². The average molecular weight is 285 g/mol. The largest absolute Gasteiger partial charge is 0.465 e. The molecule has 0 saturated carbocycles. The van der Waals surface area contributed by atoms with E-state index in [1.165, 1.54) is 0 Å². The first kappa shape index (κ1) is 15.7. The molecule has 2 aliphatic rings. The molecular weight excluding hydrogens is 258 g/mol. The highest BCUT2D eigenvalue weighted by Gasteiger charge is 2.60. The Morgan fingerprint density at radius 1 is 1.50 bits per heavy atom. The van der Waals surface area contributed by atoms with Gasteiger partial charge in [-0.2, -0.15) is 0 Å². The van der Waals surface area contributed by atoms with Crippen molar-refractivity contribution in [1.29, 1.82) is 0 Å². The maximum absolute atomic E-state index is 11.6. The standard InChI is InChI=1S/C15H27NO4/c1-4-6-13(17)20-9-11-12-7-5-8-16(12)14(18)15(11,19)10(2)3/h10-12,14,18-19H,4-9H2,1-3H3/t11-,12-,14-,15+/m0/s1. The molecule has 2 N–H and O–H groups in total. The maximum Gasteiger partial charge on any atom is 0.305 e. The van der Waals surface area contributed by atoms with E-state index >= 15 is 0 Å². The molecule has 2 fully saturated rings. The van der Waals surface area contributed by atoms with Crippen LogP contribution in [0.1, 0.15) is 46.5 Å². The summed E-state index contributed by atoms with van der Waals surface area (Å²) in [6.07, 6.45) is 2.28. The highest BCUT2D eigenvalue weighted by molar-refractivity contribution is 5.69. The van der Waals surface area contributed by atoms with E-state index in [1.54, 1.807) is 0 Å². The molecule has 0 amide bonds. The fraction of sp³-hybridized carbons (Fsp3) is 0.933. The number of carbonyl (C=O) groups is 1. The van der Waals surface area contributed by atoms with Crippen LogP contribution in [0.2, 0.25) is 0 Å².